The number of nitrogens with one attached hydrogen (secondary N) is 1. The van der Waals surface area contributed by atoms with E-state index in [1.54, 1.807) is 12.3 Å². The molecule has 38 heavy (non-hydrogen) atoms. The molecule has 3 amide bonds. The van der Waals surface area contributed by atoms with E-state index in [1.807, 2.05) is 44.7 Å². The Labute approximate surface area is 224 Å². The molecule has 10 heteroatoms. The summed E-state index contributed by atoms with van der Waals surface area (Å²) in [4.78, 5) is 52.8. The number of piperazine rings is 1. The SMILES string of the molecule is Cc1cc(C#N)nc(-c2ccnc3cc(CN4C(=O)C5C(C4=O)C5(C)C)sc23)c1C(=O)N1CCNC[C@@H]1C. The highest BCUT2D eigenvalue weighted by atomic mass is 32.1. The molecule has 1 N–H and O–H groups in total. The molecule has 3 aromatic rings. The maximum absolute atomic E-state index is 13.8. The molecule has 5 heterocycles. The molecule has 0 spiro atoms. The van der Waals surface area contributed by atoms with E-state index in [-0.39, 0.29) is 53.3 Å². The highest BCUT2D eigenvalue weighted by Crippen LogP contribution is 2.63. The Kier molecular flexibility index (Phi) is 5.63. The number of thiophene rings is 1. The fourth-order valence-electron chi connectivity index (χ4n) is 6.05. The molecule has 6 rings (SSSR count). The molecule has 2 saturated heterocycles. The molecule has 194 valence electrons. The van der Waals surface area contributed by atoms with Crippen molar-refractivity contribution in [1.29, 1.82) is 5.26 Å². The number of fused-ring (bicyclic) bond motifs is 2. The third kappa shape index (κ3) is 3.64. The summed E-state index contributed by atoms with van der Waals surface area (Å²) in [5.41, 5.74) is 3.02. The quantitative estimate of drug-likeness (QED) is 0.517. The first-order valence-corrected chi connectivity index (χ1v) is 13.6. The van der Waals surface area contributed by atoms with Gasteiger partial charge in [0.25, 0.3) is 5.91 Å². The summed E-state index contributed by atoms with van der Waals surface area (Å²) in [6.45, 7) is 10.0. The highest BCUT2D eigenvalue weighted by molar-refractivity contribution is 7.19. The van der Waals surface area contributed by atoms with Gasteiger partial charge in [-0.25, -0.2) is 4.98 Å². The van der Waals surface area contributed by atoms with Crippen LogP contribution in [0.2, 0.25) is 0 Å². The van der Waals surface area contributed by atoms with Gasteiger partial charge in [0.15, 0.2) is 0 Å². The fourth-order valence-corrected chi connectivity index (χ4v) is 7.17. The number of nitrogens with zero attached hydrogens (tertiary/aromatic N) is 5. The van der Waals surface area contributed by atoms with Crippen molar-refractivity contribution in [2.75, 3.05) is 19.6 Å². The van der Waals surface area contributed by atoms with Gasteiger partial charge in [0.05, 0.1) is 39.9 Å². The molecule has 2 aliphatic heterocycles. The minimum absolute atomic E-state index is 0.0247. The van der Waals surface area contributed by atoms with Crippen LogP contribution >= 0.6 is 11.3 Å². The van der Waals surface area contributed by atoms with E-state index in [4.69, 9.17) is 0 Å². The largest absolute Gasteiger partial charge is 0.333 e. The van der Waals surface area contributed by atoms with Gasteiger partial charge in [0.2, 0.25) is 11.8 Å². The Bertz CT molecular complexity index is 1550. The Hall–Kier alpha value is -3.68. The first kappa shape index (κ1) is 24.6. The number of hydrogen-bond donors (Lipinski definition) is 1. The molecule has 3 aliphatic rings. The number of aryl methyl sites for hydroxylation is 1. The first-order chi connectivity index (χ1) is 18.1. The summed E-state index contributed by atoms with van der Waals surface area (Å²) in [5, 5.41) is 13.0. The van der Waals surface area contributed by atoms with Crippen molar-refractivity contribution in [2.24, 2.45) is 17.3 Å². The van der Waals surface area contributed by atoms with Gasteiger partial charge >= 0.3 is 0 Å². The molecule has 0 aromatic carbocycles. The molecule has 2 unspecified atom stereocenters. The van der Waals surface area contributed by atoms with Crippen molar-refractivity contribution < 1.29 is 14.4 Å². The minimum atomic E-state index is -0.250. The number of likely N-dealkylation sites (tertiary alicyclic amines) is 1. The van der Waals surface area contributed by atoms with Crippen molar-refractivity contribution in [2.45, 2.75) is 40.3 Å². The summed E-state index contributed by atoms with van der Waals surface area (Å²) in [5.74, 6) is -0.763. The lowest BCUT2D eigenvalue weighted by Crippen LogP contribution is -2.52. The molecule has 9 nitrogen and oxygen atoms in total. The van der Waals surface area contributed by atoms with Gasteiger partial charge in [0, 0.05) is 42.3 Å². The van der Waals surface area contributed by atoms with Gasteiger partial charge in [-0.3, -0.25) is 24.3 Å². The second-order valence-corrected chi connectivity index (χ2v) is 12.2. The molecule has 0 radical (unpaired) electrons. The van der Waals surface area contributed by atoms with E-state index in [0.29, 0.717) is 41.0 Å². The van der Waals surface area contributed by atoms with Crippen LogP contribution in [-0.2, 0) is 16.1 Å². The Morgan fingerprint density at radius 3 is 2.68 bits per heavy atom. The second kappa shape index (κ2) is 8.68. The Morgan fingerprint density at radius 2 is 2.00 bits per heavy atom. The smallest absolute Gasteiger partial charge is 0.256 e. The van der Waals surface area contributed by atoms with Crippen LogP contribution < -0.4 is 5.32 Å². The van der Waals surface area contributed by atoms with Gasteiger partial charge in [0.1, 0.15) is 11.8 Å². The van der Waals surface area contributed by atoms with E-state index in [2.05, 4.69) is 21.4 Å². The number of pyridine rings is 2. The van der Waals surface area contributed by atoms with Gasteiger partial charge in [-0.05, 0) is 43.0 Å². The average Bonchev–Trinajstić information content (AvgIpc) is 3.13. The molecule has 0 bridgehead atoms. The molecular formula is C28H28N6O3S. The maximum Gasteiger partial charge on any atom is 0.256 e. The molecule has 3 atom stereocenters. The number of carbonyl (C=O) groups excluding carboxylic acids is 3. The number of aromatic nitrogens is 2. The summed E-state index contributed by atoms with van der Waals surface area (Å²) >= 11 is 1.44. The van der Waals surface area contributed by atoms with Gasteiger partial charge in [-0.2, -0.15) is 5.26 Å². The van der Waals surface area contributed by atoms with Crippen molar-refractivity contribution in [3.05, 3.63) is 46.1 Å². The lowest BCUT2D eigenvalue weighted by atomic mass is 9.98. The topological polar surface area (TPSA) is 119 Å². The van der Waals surface area contributed by atoms with Crippen molar-refractivity contribution >= 4 is 39.3 Å². The van der Waals surface area contributed by atoms with E-state index in [9.17, 15) is 19.6 Å². The molecule has 3 fully saturated rings. The number of rotatable bonds is 4. The first-order valence-electron chi connectivity index (χ1n) is 12.8. The third-order valence-electron chi connectivity index (χ3n) is 8.23. The predicted molar refractivity (Wildman–Crippen MR) is 142 cm³/mol. The monoisotopic (exact) mass is 528 g/mol. The molecule has 1 aliphatic carbocycles. The number of hydrogen-bond acceptors (Lipinski definition) is 8. The van der Waals surface area contributed by atoms with Crippen LogP contribution in [0.1, 0.15) is 47.3 Å². The summed E-state index contributed by atoms with van der Waals surface area (Å²) in [7, 11) is 0. The van der Waals surface area contributed by atoms with Crippen LogP contribution in [-0.4, -0.2) is 63.2 Å². The Morgan fingerprint density at radius 1 is 1.26 bits per heavy atom. The van der Waals surface area contributed by atoms with E-state index >= 15 is 0 Å². The van der Waals surface area contributed by atoms with Crippen molar-refractivity contribution in [3.63, 3.8) is 0 Å². The van der Waals surface area contributed by atoms with Gasteiger partial charge in [-0.1, -0.05) is 13.8 Å². The zero-order valence-electron chi connectivity index (χ0n) is 21.7. The minimum Gasteiger partial charge on any atom is -0.333 e. The molecular weight excluding hydrogens is 500 g/mol. The molecule has 1 saturated carbocycles. The highest BCUT2D eigenvalue weighted by Gasteiger charge is 2.72. The lowest BCUT2D eigenvalue weighted by molar-refractivity contribution is -0.143. The number of carbonyl (C=O) groups is 3. The predicted octanol–water partition coefficient (Wildman–Crippen LogP) is 3.11. The maximum atomic E-state index is 13.8. The van der Waals surface area contributed by atoms with E-state index in [1.165, 1.54) is 16.2 Å². The van der Waals surface area contributed by atoms with Crippen LogP contribution in [0.4, 0.5) is 0 Å². The summed E-state index contributed by atoms with van der Waals surface area (Å²) in [6.07, 6.45) is 1.66. The van der Waals surface area contributed by atoms with Crippen LogP contribution in [0, 0.1) is 35.5 Å². The number of nitriles is 1. The van der Waals surface area contributed by atoms with Crippen LogP contribution in [0.3, 0.4) is 0 Å². The Balaban J connectivity index is 1.41. The summed E-state index contributed by atoms with van der Waals surface area (Å²) < 4.78 is 0.802. The van der Waals surface area contributed by atoms with Crippen molar-refractivity contribution in [3.8, 4) is 17.3 Å². The fraction of sp³-hybridized carbons (Fsp3) is 0.429. The van der Waals surface area contributed by atoms with E-state index < -0.39 is 0 Å². The van der Waals surface area contributed by atoms with Crippen molar-refractivity contribution in [1.82, 2.24) is 25.1 Å². The van der Waals surface area contributed by atoms with Crippen LogP contribution in [0.25, 0.3) is 21.5 Å². The van der Waals surface area contributed by atoms with E-state index in [0.717, 1.165) is 16.1 Å². The van der Waals surface area contributed by atoms with Gasteiger partial charge < -0.3 is 10.2 Å². The number of amides is 3. The number of imide groups is 1. The molecule has 3 aromatic heterocycles. The second-order valence-electron chi connectivity index (χ2n) is 11.0. The zero-order valence-corrected chi connectivity index (χ0v) is 22.6. The lowest BCUT2D eigenvalue weighted by Gasteiger charge is -2.34. The van der Waals surface area contributed by atoms with Crippen LogP contribution in [0.15, 0.2) is 24.4 Å². The van der Waals surface area contributed by atoms with Crippen LogP contribution in [0.5, 0.6) is 0 Å². The standard InChI is InChI=1S/C28H28N6O3S/c1-14-9-16(11-29)32-23(20(14)25(35)33-8-7-30-12-15(33)2)18-5-6-31-19-10-17(38-24(18)19)13-34-26(36)21-22(27(34)37)28(21,3)4/h5-6,9-10,15,21-22,30H,7-8,12-13H2,1-4H3/t15-,21?,22?/m0/s1. The van der Waals surface area contributed by atoms with Gasteiger partial charge in [-0.15, -0.1) is 11.3 Å². The third-order valence-corrected chi connectivity index (χ3v) is 9.37. The zero-order chi connectivity index (χ0) is 26.9. The average molecular weight is 529 g/mol. The number of piperidine rings is 1. The summed E-state index contributed by atoms with van der Waals surface area (Å²) in [6, 6.07) is 7.50. The normalized spacial score (nSPS) is 24.0.